The van der Waals surface area contributed by atoms with E-state index in [2.05, 4.69) is 31.6 Å². The van der Waals surface area contributed by atoms with E-state index in [0.717, 1.165) is 27.6 Å². The molecule has 14 nitrogen and oxygen atoms in total. The van der Waals surface area contributed by atoms with Crippen LogP contribution in [-0.2, 0) is 52.8 Å². The number of nitrogens with one attached hydrogen (secondary N) is 6. The van der Waals surface area contributed by atoms with E-state index in [1.165, 1.54) is 11.8 Å². The van der Waals surface area contributed by atoms with Crippen LogP contribution < -0.4 is 26.6 Å². The molecule has 3 heterocycles. The predicted octanol–water partition coefficient (Wildman–Crippen LogP) is 2.85. The smallest absolute Gasteiger partial charge is 0.246 e. The summed E-state index contributed by atoms with van der Waals surface area (Å²) in [6.45, 7) is 8.84. The Balaban J connectivity index is 1.39. The Morgan fingerprint density at radius 2 is 1.22 bits per heavy atom. The molecule has 2 aliphatic rings. The van der Waals surface area contributed by atoms with Gasteiger partial charge in [0, 0.05) is 42.9 Å². The molecule has 2 aliphatic heterocycles. The molecule has 0 unspecified atom stereocenters. The molecule has 0 radical (unpaired) electrons. The van der Waals surface area contributed by atoms with Crippen LogP contribution in [0.25, 0.3) is 10.9 Å². The van der Waals surface area contributed by atoms with Crippen LogP contribution >= 0.6 is 0 Å². The van der Waals surface area contributed by atoms with E-state index < -0.39 is 83.4 Å². The van der Waals surface area contributed by atoms with Gasteiger partial charge in [-0.1, -0.05) is 78.9 Å². The number of hydrogen-bond donors (Lipinski definition) is 6. The Labute approximate surface area is 344 Å². The van der Waals surface area contributed by atoms with Gasteiger partial charge in [-0.25, -0.2) is 0 Å². The molecule has 14 heteroatoms. The van der Waals surface area contributed by atoms with E-state index in [4.69, 9.17) is 4.74 Å². The Hall–Kier alpha value is -6.02. The van der Waals surface area contributed by atoms with E-state index >= 15 is 0 Å². The average Bonchev–Trinajstić information content (AvgIpc) is 3.86. The van der Waals surface area contributed by atoms with Gasteiger partial charge in [0.25, 0.3) is 0 Å². The maximum Gasteiger partial charge on any atom is 0.246 e. The third kappa shape index (κ3) is 10.9. The van der Waals surface area contributed by atoms with Gasteiger partial charge in [0.1, 0.15) is 36.3 Å². The summed E-state index contributed by atoms with van der Waals surface area (Å²) < 4.78 is 6.17. The van der Waals surface area contributed by atoms with Crippen molar-refractivity contribution in [3.05, 3.63) is 108 Å². The zero-order chi connectivity index (χ0) is 42.3. The van der Waals surface area contributed by atoms with Crippen LogP contribution in [0, 0.1) is 0 Å². The van der Waals surface area contributed by atoms with Crippen LogP contribution in [0.1, 0.15) is 64.2 Å². The van der Waals surface area contributed by atoms with Gasteiger partial charge in [-0.05, 0) is 70.2 Å². The fraction of sp³-hybridized carbons (Fsp3) is 0.422. The standard InChI is InChI=1S/C45H55N7O7/c1-27-39(53)51-38(28(2)59-45(3,4)5)43(57)50-36(24-30-17-10-7-11-18-30)44(58)52-22-14-21-37(52)42(56)49-34(23-29-15-8-6-9-16-29)41(55)48-35(40(54)47-27)25-31-26-46-33-20-13-12-19-32(31)33/h6-13,15-20,26-28,34-38,46H,14,21-25H2,1-5H3,(H,47,54)(H,48,55)(H,49,56)(H,50,57)(H,51,53)/t27-,28+,34-,35+,36-,37-,38-/m0/s1. The first-order valence-corrected chi connectivity index (χ1v) is 20.3. The molecule has 7 atom stereocenters. The number of aromatic nitrogens is 1. The summed E-state index contributed by atoms with van der Waals surface area (Å²) in [4.78, 5) is 90.4. The minimum atomic E-state index is -1.29. The average molecular weight is 806 g/mol. The molecule has 0 aliphatic carbocycles. The molecule has 6 amide bonds. The van der Waals surface area contributed by atoms with Crippen molar-refractivity contribution >= 4 is 46.3 Å². The van der Waals surface area contributed by atoms with Gasteiger partial charge in [0.15, 0.2) is 0 Å². The molecule has 0 spiro atoms. The number of ether oxygens (including phenoxy) is 1. The Morgan fingerprint density at radius 1 is 0.661 bits per heavy atom. The summed E-state index contributed by atoms with van der Waals surface area (Å²) >= 11 is 0. The number of amides is 6. The highest BCUT2D eigenvalue weighted by Crippen LogP contribution is 2.23. The van der Waals surface area contributed by atoms with Crippen LogP contribution in [0.5, 0.6) is 0 Å². The number of carbonyl (C=O) groups excluding carboxylic acids is 6. The minimum Gasteiger partial charge on any atom is -0.370 e. The largest absolute Gasteiger partial charge is 0.370 e. The topological polar surface area (TPSA) is 191 Å². The molecule has 1 aromatic heterocycles. The third-order valence-corrected chi connectivity index (χ3v) is 10.7. The SMILES string of the molecule is C[C@@H]1NC(=O)[C@@H](Cc2c[nH]c3ccccc23)NC(=O)[C@H](Cc2ccccc2)NC(=O)[C@@H]2CCCN2C(=O)[C@H](Cc2ccccc2)NC(=O)[C@H]([C@@H](C)OC(C)(C)C)NC1=O. The van der Waals surface area contributed by atoms with E-state index in [9.17, 15) is 28.8 Å². The van der Waals surface area contributed by atoms with Crippen LogP contribution in [-0.4, -0.2) is 99.8 Å². The molecule has 59 heavy (non-hydrogen) atoms. The molecular weight excluding hydrogens is 751 g/mol. The summed E-state index contributed by atoms with van der Waals surface area (Å²) in [5.41, 5.74) is 2.42. The first kappa shape index (κ1) is 42.6. The Morgan fingerprint density at radius 3 is 1.88 bits per heavy atom. The van der Waals surface area contributed by atoms with Crippen molar-refractivity contribution in [3.63, 3.8) is 0 Å². The van der Waals surface area contributed by atoms with Crippen LogP contribution in [0.4, 0.5) is 0 Å². The van der Waals surface area contributed by atoms with Crippen molar-refractivity contribution in [1.29, 1.82) is 0 Å². The minimum absolute atomic E-state index is 0.0527. The fourth-order valence-electron chi connectivity index (χ4n) is 7.82. The molecule has 3 aromatic carbocycles. The monoisotopic (exact) mass is 805 g/mol. The Kier molecular flexibility index (Phi) is 13.5. The van der Waals surface area contributed by atoms with Gasteiger partial charge in [-0.3, -0.25) is 28.8 Å². The van der Waals surface area contributed by atoms with Gasteiger partial charge < -0.3 is 41.2 Å². The van der Waals surface area contributed by atoms with Crippen molar-refractivity contribution in [1.82, 2.24) is 36.5 Å². The zero-order valence-corrected chi connectivity index (χ0v) is 34.2. The lowest BCUT2D eigenvalue weighted by Crippen LogP contribution is -2.63. The Bertz CT molecular complexity index is 2130. The summed E-state index contributed by atoms with van der Waals surface area (Å²) in [5, 5.41) is 15.1. The number of benzene rings is 3. The van der Waals surface area contributed by atoms with Crippen LogP contribution in [0.3, 0.4) is 0 Å². The van der Waals surface area contributed by atoms with Gasteiger partial charge >= 0.3 is 0 Å². The molecule has 4 aromatic rings. The highest BCUT2D eigenvalue weighted by Gasteiger charge is 2.41. The van der Waals surface area contributed by atoms with Gasteiger partial charge in [-0.2, -0.15) is 0 Å². The normalized spacial score (nSPS) is 24.5. The highest BCUT2D eigenvalue weighted by atomic mass is 16.5. The van der Waals surface area contributed by atoms with E-state index in [-0.39, 0.29) is 25.8 Å². The summed E-state index contributed by atoms with van der Waals surface area (Å²) in [7, 11) is 0. The number of carbonyl (C=O) groups is 6. The predicted molar refractivity (Wildman–Crippen MR) is 223 cm³/mol. The molecule has 2 fully saturated rings. The molecular formula is C45H55N7O7. The molecule has 6 N–H and O–H groups in total. The molecule has 2 saturated heterocycles. The number of aromatic amines is 1. The third-order valence-electron chi connectivity index (χ3n) is 10.7. The van der Waals surface area contributed by atoms with Crippen LogP contribution in [0.15, 0.2) is 91.1 Å². The summed E-state index contributed by atoms with van der Waals surface area (Å²) in [6.07, 6.45) is 2.01. The van der Waals surface area contributed by atoms with Gasteiger partial charge in [0.05, 0.1) is 11.7 Å². The molecule has 6 rings (SSSR count). The van der Waals surface area contributed by atoms with Crippen molar-refractivity contribution < 1.29 is 33.5 Å². The van der Waals surface area contributed by atoms with Crippen molar-refractivity contribution in [3.8, 4) is 0 Å². The van der Waals surface area contributed by atoms with E-state index in [1.807, 2.05) is 106 Å². The quantitative estimate of drug-likeness (QED) is 0.158. The first-order valence-electron chi connectivity index (χ1n) is 20.3. The zero-order valence-electron chi connectivity index (χ0n) is 34.2. The first-order chi connectivity index (χ1) is 28.2. The number of fused-ring (bicyclic) bond motifs is 2. The number of nitrogens with zero attached hydrogens (tertiary/aromatic N) is 1. The van der Waals surface area contributed by atoms with Crippen LogP contribution in [0.2, 0.25) is 0 Å². The number of hydrogen-bond acceptors (Lipinski definition) is 7. The van der Waals surface area contributed by atoms with Gasteiger partial charge in [-0.15, -0.1) is 0 Å². The number of para-hydroxylation sites is 1. The molecule has 0 bridgehead atoms. The maximum atomic E-state index is 14.6. The highest BCUT2D eigenvalue weighted by molar-refractivity contribution is 5.99. The lowest BCUT2D eigenvalue weighted by molar-refractivity contribution is -0.144. The van der Waals surface area contributed by atoms with E-state index in [1.54, 1.807) is 13.1 Å². The van der Waals surface area contributed by atoms with Crippen molar-refractivity contribution in [2.45, 2.75) is 115 Å². The molecule has 312 valence electrons. The second-order valence-electron chi connectivity index (χ2n) is 16.5. The lowest BCUT2D eigenvalue weighted by Gasteiger charge is -2.34. The van der Waals surface area contributed by atoms with Gasteiger partial charge in [0.2, 0.25) is 35.4 Å². The second-order valence-corrected chi connectivity index (χ2v) is 16.5. The van der Waals surface area contributed by atoms with Crippen molar-refractivity contribution in [2.24, 2.45) is 0 Å². The second kappa shape index (κ2) is 18.7. The molecule has 0 saturated carbocycles. The summed E-state index contributed by atoms with van der Waals surface area (Å²) in [5.74, 6) is -3.61. The fourth-order valence-corrected chi connectivity index (χ4v) is 7.82. The van der Waals surface area contributed by atoms with Crippen molar-refractivity contribution in [2.75, 3.05) is 6.54 Å². The number of rotatable bonds is 8. The maximum absolute atomic E-state index is 14.6. The number of H-pyrrole nitrogens is 1. The van der Waals surface area contributed by atoms with E-state index in [0.29, 0.717) is 12.8 Å². The lowest BCUT2D eigenvalue weighted by atomic mass is 10.0. The summed E-state index contributed by atoms with van der Waals surface area (Å²) in [6, 6.07) is 19.1.